The highest BCUT2D eigenvalue weighted by atomic mass is 35.5. The van der Waals surface area contributed by atoms with Crippen LogP contribution in [0.5, 0.6) is 0 Å². The minimum absolute atomic E-state index is 0.00519. The molecular weight excluding hydrogens is 526 g/mol. The standard InChI is InChI=1S/C8H10N4O3.C8H12N4O.C4H2ClN3O2/c13-12(14)7-5-9-8(10-6-7)11-1-3-15-4-2-11;9-7-5-10-8(11-6-7)12-1-3-13-4-2-12;5-4-6-1-3(2-7-4)8(9)10/h5-6H,1-4H2;5-6H,1-4,9H2;1-2H. The van der Waals surface area contributed by atoms with E-state index in [0.717, 1.165) is 57.7 Å². The normalized spacial score (nSPS) is 14.9. The lowest BCUT2D eigenvalue weighted by Crippen LogP contribution is -2.37. The van der Waals surface area contributed by atoms with Crippen LogP contribution in [0.2, 0.25) is 5.28 Å². The number of ether oxygens (including phenoxy) is 2. The van der Waals surface area contributed by atoms with Crippen molar-refractivity contribution in [3.8, 4) is 0 Å². The molecule has 0 amide bonds. The molecule has 0 spiro atoms. The van der Waals surface area contributed by atoms with Gasteiger partial charge in [-0.3, -0.25) is 20.2 Å². The average Bonchev–Trinajstić information content (AvgIpc) is 2.95. The molecule has 0 atom stereocenters. The SMILES string of the molecule is Nc1cnc(N2CCOCC2)nc1.O=[N+]([O-])c1cnc(Cl)nc1.O=[N+]([O-])c1cnc(N2CCOCC2)nc1. The molecule has 0 saturated carbocycles. The summed E-state index contributed by atoms with van der Waals surface area (Å²) in [5, 5.41) is 20.4. The van der Waals surface area contributed by atoms with Crippen LogP contribution in [0.3, 0.4) is 0 Å². The Hall–Kier alpha value is -4.35. The number of nitrogens with two attached hydrogens (primary N) is 1. The summed E-state index contributed by atoms with van der Waals surface area (Å²) in [7, 11) is 0. The van der Waals surface area contributed by atoms with Crippen LogP contribution < -0.4 is 15.5 Å². The first-order valence-electron chi connectivity index (χ1n) is 11.1. The van der Waals surface area contributed by atoms with E-state index in [0.29, 0.717) is 24.8 Å². The lowest BCUT2D eigenvalue weighted by Gasteiger charge is -2.26. The first kappa shape index (κ1) is 28.2. The van der Waals surface area contributed by atoms with Crippen LogP contribution in [-0.4, -0.2) is 92.4 Å². The van der Waals surface area contributed by atoms with Gasteiger partial charge >= 0.3 is 11.4 Å². The number of hydrogen-bond acceptors (Lipinski definition) is 15. The third-order valence-electron chi connectivity index (χ3n) is 4.90. The van der Waals surface area contributed by atoms with E-state index in [1.807, 2.05) is 4.90 Å². The Kier molecular flexibility index (Phi) is 10.7. The van der Waals surface area contributed by atoms with Crippen molar-refractivity contribution in [2.45, 2.75) is 0 Å². The molecule has 5 rings (SSSR count). The van der Waals surface area contributed by atoms with Crippen LogP contribution in [0, 0.1) is 20.2 Å². The number of rotatable bonds is 4. The summed E-state index contributed by atoms with van der Waals surface area (Å²) in [6, 6.07) is 0. The van der Waals surface area contributed by atoms with Gasteiger partial charge in [-0.25, -0.2) is 29.9 Å². The van der Waals surface area contributed by atoms with Crippen molar-refractivity contribution in [1.82, 2.24) is 29.9 Å². The minimum Gasteiger partial charge on any atom is -0.396 e. The van der Waals surface area contributed by atoms with Crippen molar-refractivity contribution >= 4 is 40.6 Å². The molecule has 202 valence electrons. The molecule has 0 radical (unpaired) electrons. The molecule has 2 saturated heterocycles. The monoisotopic (exact) mass is 549 g/mol. The number of hydrogen-bond donors (Lipinski definition) is 1. The quantitative estimate of drug-likeness (QED) is 0.274. The van der Waals surface area contributed by atoms with Gasteiger partial charge in [-0.2, -0.15) is 0 Å². The van der Waals surface area contributed by atoms with Crippen LogP contribution >= 0.6 is 11.6 Å². The number of nitrogens with zero attached hydrogens (tertiary/aromatic N) is 10. The molecule has 5 heterocycles. The summed E-state index contributed by atoms with van der Waals surface area (Å²) in [4.78, 5) is 46.3. The van der Waals surface area contributed by atoms with Gasteiger partial charge < -0.3 is 25.0 Å². The zero-order valence-corrected chi connectivity index (χ0v) is 20.8. The second-order valence-electron chi connectivity index (χ2n) is 7.48. The minimum atomic E-state index is -0.587. The zero-order valence-electron chi connectivity index (χ0n) is 20.0. The summed E-state index contributed by atoms with van der Waals surface area (Å²) in [5.74, 6) is 1.25. The summed E-state index contributed by atoms with van der Waals surface area (Å²) < 4.78 is 10.4. The number of anilines is 3. The second-order valence-corrected chi connectivity index (χ2v) is 7.82. The van der Waals surface area contributed by atoms with Crippen LogP contribution in [0.25, 0.3) is 0 Å². The first-order valence-corrected chi connectivity index (χ1v) is 11.5. The van der Waals surface area contributed by atoms with E-state index < -0.39 is 9.85 Å². The van der Waals surface area contributed by atoms with Gasteiger partial charge in [0.05, 0.1) is 54.4 Å². The number of halogens is 1. The third kappa shape index (κ3) is 8.95. The fraction of sp³-hybridized carbons (Fsp3) is 0.400. The highest BCUT2D eigenvalue weighted by Crippen LogP contribution is 2.13. The summed E-state index contributed by atoms with van der Waals surface area (Å²) in [6.07, 6.45) is 7.79. The smallest absolute Gasteiger partial charge is 0.305 e. The maximum atomic E-state index is 10.4. The Balaban J connectivity index is 0.000000161. The number of morpholine rings is 2. The molecule has 3 aromatic rings. The molecule has 2 fully saturated rings. The average molecular weight is 550 g/mol. The Morgan fingerprint density at radius 2 is 1.03 bits per heavy atom. The second kappa shape index (κ2) is 14.4. The van der Waals surface area contributed by atoms with Crippen molar-refractivity contribution in [1.29, 1.82) is 0 Å². The Morgan fingerprint density at radius 1 is 0.684 bits per heavy atom. The topological polar surface area (TPSA) is 215 Å². The molecule has 0 aliphatic carbocycles. The molecule has 0 bridgehead atoms. The molecule has 2 N–H and O–H groups in total. The first-order chi connectivity index (χ1) is 18.3. The molecule has 0 aromatic carbocycles. The van der Waals surface area contributed by atoms with E-state index in [1.165, 1.54) is 12.4 Å². The lowest BCUT2D eigenvalue weighted by atomic mass is 10.4. The van der Waals surface area contributed by atoms with Gasteiger partial charge in [0.1, 0.15) is 24.8 Å². The molecule has 2 aliphatic heterocycles. The van der Waals surface area contributed by atoms with Crippen LogP contribution in [0.1, 0.15) is 0 Å². The largest absolute Gasteiger partial charge is 0.396 e. The van der Waals surface area contributed by atoms with Crippen LogP contribution in [0.4, 0.5) is 29.0 Å². The molecule has 18 heteroatoms. The highest BCUT2D eigenvalue weighted by Gasteiger charge is 2.15. The molecular formula is C20H24ClN11O6. The van der Waals surface area contributed by atoms with Crippen molar-refractivity contribution in [3.05, 3.63) is 62.7 Å². The number of nitrogen functional groups attached to an aromatic ring is 1. The van der Waals surface area contributed by atoms with E-state index in [4.69, 9.17) is 26.8 Å². The van der Waals surface area contributed by atoms with Crippen LogP contribution in [-0.2, 0) is 9.47 Å². The summed E-state index contributed by atoms with van der Waals surface area (Å²) in [5.41, 5.74) is 5.83. The van der Waals surface area contributed by atoms with E-state index >= 15 is 0 Å². The van der Waals surface area contributed by atoms with E-state index in [-0.39, 0.29) is 16.7 Å². The lowest BCUT2D eigenvalue weighted by molar-refractivity contribution is -0.385. The fourth-order valence-electron chi connectivity index (χ4n) is 2.99. The van der Waals surface area contributed by atoms with Gasteiger partial charge in [0.2, 0.25) is 17.2 Å². The molecule has 0 unspecified atom stereocenters. The van der Waals surface area contributed by atoms with E-state index in [9.17, 15) is 20.2 Å². The van der Waals surface area contributed by atoms with Crippen molar-refractivity contribution in [2.75, 3.05) is 68.1 Å². The van der Waals surface area contributed by atoms with Gasteiger partial charge in [-0.15, -0.1) is 0 Å². The van der Waals surface area contributed by atoms with E-state index in [2.05, 4.69) is 34.8 Å². The summed E-state index contributed by atoms with van der Waals surface area (Å²) >= 11 is 5.27. The molecule has 17 nitrogen and oxygen atoms in total. The number of nitro groups is 2. The van der Waals surface area contributed by atoms with Crippen LogP contribution in [0.15, 0.2) is 37.2 Å². The fourth-order valence-corrected chi connectivity index (χ4v) is 3.09. The maximum absolute atomic E-state index is 10.4. The Morgan fingerprint density at radius 3 is 1.39 bits per heavy atom. The summed E-state index contributed by atoms with van der Waals surface area (Å²) in [6.45, 7) is 5.91. The zero-order chi connectivity index (χ0) is 27.3. The highest BCUT2D eigenvalue weighted by molar-refractivity contribution is 6.28. The van der Waals surface area contributed by atoms with Gasteiger partial charge in [-0.1, -0.05) is 0 Å². The van der Waals surface area contributed by atoms with Gasteiger partial charge in [0, 0.05) is 26.2 Å². The molecule has 38 heavy (non-hydrogen) atoms. The number of aromatic nitrogens is 6. The van der Waals surface area contributed by atoms with E-state index in [1.54, 1.807) is 12.4 Å². The van der Waals surface area contributed by atoms with Gasteiger partial charge in [-0.05, 0) is 11.6 Å². The van der Waals surface area contributed by atoms with Gasteiger partial charge in [0.15, 0.2) is 0 Å². The Labute approximate surface area is 220 Å². The van der Waals surface area contributed by atoms with Gasteiger partial charge in [0.25, 0.3) is 0 Å². The van der Waals surface area contributed by atoms with Crippen molar-refractivity contribution in [2.24, 2.45) is 0 Å². The predicted molar refractivity (Wildman–Crippen MR) is 135 cm³/mol. The van der Waals surface area contributed by atoms with Crippen molar-refractivity contribution < 1.29 is 19.3 Å². The van der Waals surface area contributed by atoms with Crippen molar-refractivity contribution in [3.63, 3.8) is 0 Å². The predicted octanol–water partition coefficient (Wildman–Crippen LogP) is 1.15. The maximum Gasteiger partial charge on any atom is 0.305 e. The Bertz CT molecular complexity index is 1160. The molecule has 2 aliphatic rings. The third-order valence-corrected chi connectivity index (χ3v) is 5.09. The molecule has 3 aromatic heterocycles.